The molecule has 1 unspecified atom stereocenters. The van der Waals surface area contributed by atoms with Crippen molar-refractivity contribution in [1.29, 1.82) is 0 Å². The fourth-order valence-electron chi connectivity index (χ4n) is 3.93. The summed E-state index contributed by atoms with van der Waals surface area (Å²) < 4.78 is 34.3. The lowest BCUT2D eigenvalue weighted by atomic mass is 9.93. The van der Waals surface area contributed by atoms with Crippen molar-refractivity contribution in [3.8, 4) is 5.75 Å². The Balaban J connectivity index is 1.91. The number of aromatic nitrogens is 3. The van der Waals surface area contributed by atoms with E-state index in [0.717, 1.165) is 6.20 Å². The third-order valence-electron chi connectivity index (χ3n) is 5.86. The molecule has 0 saturated heterocycles. The van der Waals surface area contributed by atoms with Crippen LogP contribution < -0.4 is 10.3 Å². The summed E-state index contributed by atoms with van der Waals surface area (Å²) in [6, 6.07) is 2.88. The fourth-order valence-corrected chi connectivity index (χ4v) is 4.13. The van der Waals surface area contributed by atoms with E-state index in [1.54, 1.807) is 49.9 Å². The van der Waals surface area contributed by atoms with Gasteiger partial charge in [0.1, 0.15) is 28.0 Å². The quantitative estimate of drug-likeness (QED) is 0.307. The molecule has 0 aliphatic carbocycles. The Morgan fingerprint density at radius 2 is 2.13 bits per heavy atom. The van der Waals surface area contributed by atoms with Gasteiger partial charge in [0.05, 0.1) is 30.2 Å². The maximum Gasteiger partial charge on any atom is 0.273 e. The molecular weight excluding hydrogens is 516 g/mol. The number of pyridine rings is 1. The van der Waals surface area contributed by atoms with Crippen LogP contribution in [0.2, 0.25) is 5.02 Å². The van der Waals surface area contributed by atoms with E-state index in [-0.39, 0.29) is 35.5 Å². The molecule has 0 radical (unpaired) electrons. The topological polar surface area (TPSA) is 102 Å². The Bertz CT molecular complexity index is 1380. The molecule has 8 nitrogen and oxygen atoms in total. The van der Waals surface area contributed by atoms with Gasteiger partial charge in [-0.05, 0) is 46.1 Å². The Morgan fingerprint density at radius 1 is 1.39 bits per heavy atom. The van der Waals surface area contributed by atoms with Crippen molar-refractivity contribution >= 4 is 30.2 Å². The molecule has 0 saturated carbocycles. The predicted octanol–water partition coefficient (Wildman–Crippen LogP) is 5.65. The van der Waals surface area contributed by atoms with Gasteiger partial charge in [0.2, 0.25) is 0 Å². The van der Waals surface area contributed by atoms with E-state index in [4.69, 9.17) is 16.3 Å². The van der Waals surface area contributed by atoms with Gasteiger partial charge in [0.15, 0.2) is 5.82 Å². The summed E-state index contributed by atoms with van der Waals surface area (Å²) in [5.74, 6) is -1.37. The number of rotatable bonds is 10. The number of hydrogen-bond donors (Lipinski definition) is 1. The largest absolute Gasteiger partial charge is 0.491 e. The Hall–Kier alpha value is -3.50. The summed E-state index contributed by atoms with van der Waals surface area (Å²) in [6.45, 7) is 9.87. The van der Waals surface area contributed by atoms with E-state index >= 15 is 0 Å². The van der Waals surface area contributed by atoms with E-state index in [1.807, 2.05) is 13.0 Å². The lowest BCUT2D eigenvalue weighted by Gasteiger charge is -2.28. The Kier molecular flexibility index (Phi) is 9.45. The van der Waals surface area contributed by atoms with E-state index in [2.05, 4.69) is 26.7 Å². The molecule has 202 valence electrons. The fraction of sp³-hybridized carbons (Fsp3) is 0.370. The van der Waals surface area contributed by atoms with Gasteiger partial charge in [-0.1, -0.05) is 18.5 Å². The molecule has 3 heterocycles. The van der Waals surface area contributed by atoms with Crippen molar-refractivity contribution in [2.75, 3.05) is 6.61 Å². The van der Waals surface area contributed by atoms with Crippen LogP contribution in [0, 0.1) is 12.8 Å². The number of aliphatic imine (C=N–C) groups is 2. The Morgan fingerprint density at radius 3 is 2.79 bits per heavy atom. The van der Waals surface area contributed by atoms with Gasteiger partial charge in [-0.2, -0.15) is 0 Å². The van der Waals surface area contributed by atoms with Gasteiger partial charge in [-0.3, -0.25) is 14.8 Å². The highest BCUT2D eigenvalue weighted by Crippen LogP contribution is 2.33. The number of allylic oxidation sites excluding steroid dienone is 3. The molecule has 11 heteroatoms. The molecule has 0 fully saturated rings. The summed E-state index contributed by atoms with van der Waals surface area (Å²) in [7, 11) is 0. The molecule has 2 aromatic heterocycles. The van der Waals surface area contributed by atoms with Gasteiger partial charge in [0.25, 0.3) is 5.56 Å². The average molecular weight is 546 g/mol. The summed E-state index contributed by atoms with van der Waals surface area (Å²) >= 11 is 6.39. The summed E-state index contributed by atoms with van der Waals surface area (Å²) in [5.41, 5.74) is -0.0899. The second kappa shape index (κ2) is 12.4. The first-order chi connectivity index (χ1) is 18.0. The van der Waals surface area contributed by atoms with E-state index in [9.17, 15) is 18.7 Å². The van der Waals surface area contributed by atoms with E-state index in [1.165, 1.54) is 0 Å². The molecule has 1 aliphatic heterocycles. The first kappa shape index (κ1) is 29.1. The maximum atomic E-state index is 13.9. The monoisotopic (exact) mass is 545 g/mol. The molecular formula is C27H30ClF2N5O3. The van der Waals surface area contributed by atoms with Gasteiger partial charge in [-0.15, -0.1) is 0 Å². The van der Waals surface area contributed by atoms with Crippen LogP contribution >= 0.6 is 11.6 Å². The van der Waals surface area contributed by atoms with Crippen LogP contribution in [0.4, 0.5) is 8.78 Å². The average Bonchev–Trinajstić information content (AvgIpc) is 2.86. The zero-order valence-electron chi connectivity index (χ0n) is 21.7. The van der Waals surface area contributed by atoms with Crippen molar-refractivity contribution in [2.45, 2.75) is 52.2 Å². The number of aliphatic hydroxyl groups is 1. The third kappa shape index (κ3) is 6.87. The van der Waals surface area contributed by atoms with Crippen LogP contribution in [0.1, 0.15) is 56.9 Å². The molecule has 0 spiro atoms. The molecule has 2 atom stereocenters. The zero-order valence-corrected chi connectivity index (χ0v) is 22.4. The lowest BCUT2D eigenvalue weighted by molar-refractivity contribution is 0.0686. The summed E-state index contributed by atoms with van der Waals surface area (Å²) in [6.07, 6.45) is 7.12. The number of hydrogen-bond acceptors (Lipinski definition) is 7. The first-order valence-corrected chi connectivity index (χ1v) is 12.4. The van der Waals surface area contributed by atoms with E-state index < -0.39 is 28.9 Å². The molecule has 0 bridgehead atoms. The Labute approximate surface area is 224 Å². The van der Waals surface area contributed by atoms with Crippen molar-refractivity contribution in [3.05, 3.63) is 80.9 Å². The van der Waals surface area contributed by atoms with Crippen LogP contribution in [0.25, 0.3) is 5.70 Å². The maximum absolute atomic E-state index is 13.9. The highest BCUT2D eigenvalue weighted by Gasteiger charge is 2.28. The van der Waals surface area contributed by atoms with Gasteiger partial charge in [-0.25, -0.2) is 18.7 Å². The first-order valence-electron chi connectivity index (χ1n) is 12.0. The molecule has 3 rings (SSSR count). The standard InChI is InChI=1S/C27H30ClF2N5O3/c1-6-17-14-33-21(20-7-9-32-26(34-20)27(3,4)37)13-22(17)35-16(2)11-23(24(28)25(35)36)38-10-8-18(29)12-19(30)15-31-5/h7,9,11-15,17,22,37H,5-6,8,10H2,1-4H3/b18-12+,19-15+/t17?,22-/m1/s1. The number of aryl methyl sites for hydroxylation is 1. The van der Waals surface area contributed by atoms with Gasteiger partial charge < -0.3 is 14.4 Å². The van der Waals surface area contributed by atoms with Crippen molar-refractivity contribution in [3.63, 3.8) is 0 Å². The minimum Gasteiger partial charge on any atom is -0.491 e. The predicted molar refractivity (Wildman–Crippen MR) is 145 cm³/mol. The summed E-state index contributed by atoms with van der Waals surface area (Å²) in [5, 5.41) is 10.1. The SMILES string of the molecule is C=N/C=C(F)\C=C(\F)CCOc1cc(C)n([C@@H]2C=C(c3ccnc(C(C)(C)O)n3)N=CC2CC)c(=O)c1Cl. The zero-order chi connectivity index (χ0) is 28.0. The van der Waals surface area contributed by atoms with Crippen LogP contribution in [0.5, 0.6) is 5.75 Å². The second-order valence-electron chi connectivity index (χ2n) is 9.24. The minimum absolute atomic E-state index is 0.0965. The second-order valence-corrected chi connectivity index (χ2v) is 9.62. The lowest BCUT2D eigenvalue weighted by Crippen LogP contribution is -2.32. The number of halogens is 3. The molecule has 1 aliphatic rings. The highest BCUT2D eigenvalue weighted by molar-refractivity contribution is 6.31. The number of ether oxygens (including phenoxy) is 1. The van der Waals surface area contributed by atoms with Gasteiger partial charge in [0, 0.05) is 42.6 Å². The van der Waals surface area contributed by atoms with Crippen LogP contribution in [0.3, 0.4) is 0 Å². The van der Waals surface area contributed by atoms with Crippen LogP contribution in [-0.4, -0.2) is 39.2 Å². The smallest absolute Gasteiger partial charge is 0.273 e. The molecule has 2 aromatic rings. The van der Waals surface area contributed by atoms with Crippen molar-refractivity contribution < 1.29 is 18.6 Å². The normalized spacial score (nSPS) is 18.4. The minimum atomic E-state index is -1.23. The molecule has 0 amide bonds. The van der Waals surface area contributed by atoms with Crippen LogP contribution in [-0.2, 0) is 5.60 Å². The van der Waals surface area contributed by atoms with Gasteiger partial charge >= 0.3 is 0 Å². The third-order valence-corrected chi connectivity index (χ3v) is 6.21. The number of nitrogens with zero attached hydrogens (tertiary/aromatic N) is 5. The van der Waals surface area contributed by atoms with Crippen molar-refractivity contribution in [1.82, 2.24) is 14.5 Å². The molecule has 1 N–H and O–H groups in total. The van der Waals surface area contributed by atoms with E-state index in [0.29, 0.717) is 29.6 Å². The molecule has 0 aromatic carbocycles. The highest BCUT2D eigenvalue weighted by atomic mass is 35.5. The van der Waals surface area contributed by atoms with Crippen LogP contribution in [0.15, 0.2) is 63.1 Å². The summed E-state index contributed by atoms with van der Waals surface area (Å²) in [4.78, 5) is 29.7. The molecule has 38 heavy (non-hydrogen) atoms. The van der Waals surface area contributed by atoms with Crippen molar-refractivity contribution in [2.24, 2.45) is 15.9 Å².